The number of anilines is 3. The van der Waals surface area contributed by atoms with Gasteiger partial charge in [-0.2, -0.15) is 5.10 Å². The summed E-state index contributed by atoms with van der Waals surface area (Å²) in [5.74, 6) is 1.22. The molecule has 10 nitrogen and oxygen atoms in total. The summed E-state index contributed by atoms with van der Waals surface area (Å²) in [6, 6.07) is 8.81. The van der Waals surface area contributed by atoms with E-state index in [4.69, 9.17) is 20.2 Å². The largest absolute Gasteiger partial charge is 0.496 e. The Kier molecular flexibility index (Phi) is 8.43. The average molecular weight is 567 g/mol. The Bertz CT molecular complexity index is 1460. The summed E-state index contributed by atoms with van der Waals surface area (Å²) in [7, 11) is 1.49. The second-order valence-electron chi connectivity index (χ2n) is 9.84. The number of halogens is 2. The normalized spacial score (nSPS) is 17.5. The zero-order valence-corrected chi connectivity index (χ0v) is 23.0. The Morgan fingerprint density at radius 2 is 1.95 bits per heavy atom. The number of nitrogens with one attached hydrogen (secondary N) is 1. The van der Waals surface area contributed by atoms with E-state index < -0.39 is 5.82 Å². The number of rotatable bonds is 7. The van der Waals surface area contributed by atoms with Crippen LogP contribution in [0.1, 0.15) is 25.3 Å². The zero-order valence-electron chi connectivity index (χ0n) is 22.2. The highest BCUT2D eigenvalue weighted by atomic mass is 35.5. The molecule has 0 bridgehead atoms. The first-order chi connectivity index (χ1) is 19.1. The molecule has 0 amide bonds. The minimum absolute atomic E-state index is 0. The summed E-state index contributed by atoms with van der Waals surface area (Å²) in [5, 5.41) is 7.93. The van der Waals surface area contributed by atoms with Crippen LogP contribution in [0.25, 0.3) is 22.5 Å². The van der Waals surface area contributed by atoms with E-state index in [1.165, 1.54) is 13.2 Å². The van der Waals surface area contributed by atoms with Crippen molar-refractivity contribution < 1.29 is 13.9 Å². The van der Waals surface area contributed by atoms with Gasteiger partial charge in [0.1, 0.15) is 23.2 Å². The van der Waals surface area contributed by atoms with Crippen molar-refractivity contribution >= 4 is 29.7 Å². The fraction of sp³-hybridized carbons (Fsp3) is 0.357. The molecule has 210 valence electrons. The predicted molar refractivity (Wildman–Crippen MR) is 154 cm³/mol. The van der Waals surface area contributed by atoms with Gasteiger partial charge in [-0.05, 0) is 37.5 Å². The van der Waals surface area contributed by atoms with Crippen molar-refractivity contribution in [3.63, 3.8) is 0 Å². The topological polar surface area (TPSA) is 116 Å². The molecule has 12 heteroatoms. The molecule has 4 aromatic rings. The molecule has 0 spiro atoms. The standard InChI is InChI=1S/C28H31FN8O2.ClH/c1-38-24-4-2-3-22(29)27(24)28-31-9-5-25(35-28)34-26-13-23(36-10-6-19(30)17-36)21(15-32-26)18-14-33-37(16-18)20-7-11-39-12-8-20;/h2-5,9,13-16,19-20H,6-8,10-12,17,30H2,1H3,(H,31,32,34,35);1H/t19-;/m1./s1. The Labute approximate surface area is 238 Å². The van der Waals surface area contributed by atoms with E-state index in [1.54, 1.807) is 24.4 Å². The quantitative estimate of drug-likeness (QED) is 0.331. The molecule has 2 fully saturated rings. The smallest absolute Gasteiger partial charge is 0.168 e. The molecule has 0 radical (unpaired) electrons. The number of pyridine rings is 1. The molecule has 0 saturated carbocycles. The van der Waals surface area contributed by atoms with Gasteiger partial charge in [0.15, 0.2) is 5.82 Å². The van der Waals surface area contributed by atoms with Gasteiger partial charge >= 0.3 is 0 Å². The van der Waals surface area contributed by atoms with Gasteiger partial charge in [-0.3, -0.25) is 4.68 Å². The fourth-order valence-corrected chi connectivity index (χ4v) is 5.20. The number of hydrogen-bond acceptors (Lipinski definition) is 9. The van der Waals surface area contributed by atoms with Crippen molar-refractivity contribution in [2.45, 2.75) is 31.3 Å². The first-order valence-electron chi connectivity index (χ1n) is 13.1. The number of methoxy groups -OCH3 is 1. The van der Waals surface area contributed by atoms with Crippen molar-refractivity contribution in [2.75, 3.05) is 43.6 Å². The highest BCUT2D eigenvalue weighted by molar-refractivity contribution is 5.85. The zero-order chi connectivity index (χ0) is 26.8. The molecule has 2 saturated heterocycles. The minimum atomic E-state index is -0.456. The number of nitrogens with zero attached hydrogens (tertiary/aromatic N) is 6. The molecule has 2 aliphatic rings. The Hall–Kier alpha value is -3.80. The Balaban J connectivity index is 0.00000323. The van der Waals surface area contributed by atoms with E-state index in [2.05, 4.69) is 31.5 Å². The third kappa shape index (κ3) is 5.72. The lowest BCUT2D eigenvalue weighted by atomic mass is 10.1. The average Bonchev–Trinajstić information content (AvgIpc) is 3.63. The van der Waals surface area contributed by atoms with E-state index in [9.17, 15) is 4.39 Å². The maximum Gasteiger partial charge on any atom is 0.168 e. The maximum absolute atomic E-state index is 14.6. The van der Waals surface area contributed by atoms with Crippen LogP contribution < -0.4 is 20.7 Å². The third-order valence-corrected chi connectivity index (χ3v) is 7.26. The van der Waals surface area contributed by atoms with Crippen molar-refractivity contribution in [1.82, 2.24) is 24.7 Å². The third-order valence-electron chi connectivity index (χ3n) is 7.26. The number of benzene rings is 1. The van der Waals surface area contributed by atoms with Crippen LogP contribution in [0, 0.1) is 5.82 Å². The highest BCUT2D eigenvalue weighted by Gasteiger charge is 2.24. The lowest BCUT2D eigenvalue weighted by Crippen LogP contribution is -2.26. The van der Waals surface area contributed by atoms with E-state index >= 15 is 0 Å². The number of hydrogen-bond donors (Lipinski definition) is 2. The van der Waals surface area contributed by atoms with E-state index in [1.807, 2.05) is 23.1 Å². The summed E-state index contributed by atoms with van der Waals surface area (Å²) in [6.07, 6.45) is 10.3. The number of nitrogens with two attached hydrogens (primary N) is 1. The first kappa shape index (κ1) is 27.8. The van der Waals surface area contributed by atoms with E-state index in [0.717, 1.165) is 62.4 Å². The van der Waals surface area contributed by atoms with Crippen LogP contribution in [0.4, 0.5) is 21.7 Å². The van der Waals surface area contributed by atoms with Crippen molar-refractivity contribution in [2.24, 2.45) is 5.73 Å². The molecule has 1 atom stereocenters. The molecule has 0 aliphatic carbocycles. The van der Waals surface area contributed by atoms with Gasteiger partial charge in [0.25, 0.3) is 0 Å². The first-order valence-corrected chi connectivity index (χ1v) is 13.1. The second kappa shape index (κ2) is 12.2. The van der Waals surface area contributed by atoms with Gasteiger partial charge < -0.3 is 25.4 Å². The lowest BCUT2D eigenvalue weighted by molar-refractivity contribution is 0.0662. The van der Waals surface area contributed by atoms with Crippen LogP contribution in [0.5, 0.6) is 5.75 Å². The van der Waals surface area contributed by atoms with Crippen LogP contribution in [-0.4, -0.2) is 64.2 Å². The van der Waals surface area contributed by atoms with Gasteiger partial charge in [0.2, 0.25) is 0 Å². The van der Waals surface area contributed by atoms with Crippen LogP contribution in [0.3, 0.4) is 0 Å². The molecular formula is C28H32ClFN8O2. The molecule has 6 rings (SSSR count). The molecule has 0 unspecified atom stereocenters. The van der Waals surface area contributed by atoms with Gasteiger partial charge in [0.05, 0.1) is 24.9 Å². The summed E-state index contributed by atoms with van der Waals surface area (Å²) < 4.78 is 27.5. The Morgan fingerprint density at radius 3 is 2.73 bits per heavy atom. The number of ether oxygens (including phenoxy) is 2. The predicted octanol–water partition coefficient (Wildman–Crippen LogP) is 4.60. The summed E-state index contributed by atoms with van der Waals surface area (Å²) >= 11 is 0. The summed E-state index contributed by atoms with van der Waals surface area (Å²) in [4.78, 5) is 15.8. The molecule has 1 aromatic carbocycles. The monoisotopic (exact) mass is 566 g/mol. The molecule has 2 aliphatic heterocycles. The molecule has 5 heterocycles. The van der Waals surface area contributed by atoms with E-state index in [0.29, 0.717) is 23.4 Å². The van der Waals surface area contributed by atoms with Crippen LogP contribution in [0.2, 0.25) is 0 Å². The van der Waals surface area contributed by atoms with Crippen molar-refractivity contribution in [1.29, 1.82) is 0 Å². The van der Waals surface area contributed by atoms with Crippen LogP contribution in [-0.2, 0) is 4.74 Å². The SMILES string of the molecule is COc1cccc(F)c1-c1nccc(Nc2cc(N3CC[C@@H](N)C3)c(-c3cnn(C4CCOCC4)c3)cn2)n1.Cl. The molecule has 3 aromatic heterocycles. The van der Waals surface area contributed by atoms with Gasteiger partial charge in [-0.25, -0.2) is 19.3 Å². The van der Waals surface area contributed by atoms with Crippen LogP contribution >= 0.6 is 12.4 Å². The lowest BCUT2D eigenvalue weighted by Gasteiger charge is -2.23. The second-order valence-corrected chi connectivity index (χ2v) is 9.84. The van der Waals surface area contributed by atoms with Gasteiger partial charge in [-0.15, -0.1) is 12.4 Å². The highest BCUT2D eigenvalue weighted by Crippen LogP contribution is 2.36. The van der Waals surface area contributed by atoms with Gasteiger partial charge in [0, 0.05) is 73.8 Å². The summed E-state index contributed by atoms with van der Waals surface area (Å²) in [5.41, 5.74) is 9.50. The van der Waals surface area contributed by atoms with Gasteiger partial charge in [-0.1, -0.05) is 6.07 Å². The Morgan fingerprint density at radius 1 is 1.10 bits per heavy atom. The molecule has 40 heavy (non-hydrogen) atoms. The minimum Gasteiger partial charge on any atom is -0.496 e. The number of aromatic nitrogens is 5. The fourth-order valence-electron chi connectivity index (χ4n) is 5.20. The maximum atomic E-state index is 14.6. The van der Waals surface area contributed by atoms with Crippen LogP contribution in [0.15, 0.2) is 55.1 Å². The summed E-state index contributed by atoms with van der Waals surface area (Å²) in [6.45, 7) is 3.13. The van der Waals surface area contributed by atoms with Crippen molar-refractivity contribution in [3.8, 4) is 28.3 Å². The molecule has 3 N–H and O–H groups in total. The van der Waals surface area contributed by atoms with Crippen molar-refractivity contribution in [3.05, 3.63) is 60.9 Å². The molecular weight excluding hydrogens is 535 g/mol. The van der Waals surface area contributed by atoms with E-state index in [-0.39, 0.29) is 29.8 Å².